The lowest BCUT2D eigenvalue weighted by atomic mass is 10.00. The summed E-state index contributed by atoms with van der Waals surface area (Å²) in [6.07, 6.45) is -0.0993. The second-order valence-corrected chi connectivity index (χ2v) is 10.3. The van der Waals surface area contributed by atoms with E-state index in [1.165, 1.54) is 6.07 Å². The van der Waals surface area contributed by atoms with Gasteiger partial charge in [0.05, 0.1) is 23.2 Å². The van der Waals surface area contributed by atoms with Gasteiger partial charge in [0.1, 0.15) is 0 Å². The Hall–Kier alpha value is -2.35. The number of carbonyl (C=O) groups is 1. The molecule has 1 atom stereocenters. The zero-order valence-corrected chi connectivity index (χ0v) is 21.2. The predicted octanol–water partition coefficient (Wildman–Crippen LogP) is 7.55. The Morgan fingerprint density at radius 3 is 2.43 bits per heavy atom. The Balaban J connectivity index is 1.59. The van der Waals surface area contributed by atoms with E-state index in [-0.39, 0.29) is 35.0 Å². The van der Waals surface area contributed by atoms with Gasteiger partial charge in [-0.3, -0.25) is 4.79 Å². The Labute approximate surface area is 216 Å². The maximum atomic E-state index is 13.2. The largest absolute Gasteiger partial charge is 0.446 e. The summed E-state index contributed by atoms with van der Waals surface area (Å²) < 4.78 is 39.0. The summed E-state index contributed by atoms with van der Waals surface area (Å²) in [6.45, 7) is 3.31. The second-order valence-electron chi connectivity index (χ2n) is 8.39. The molecule has 184 valence electrons. The molecule has 1 unspecified atom stereocenters. The number of piperazine rings is 1. The number of aryl methyl sites for hydroxylation is 1. The van der Waals surface area contributed by atoms with Crippen molar-refractivity contribution in [1.82, 2.24) is 4.90 Å². The number of anilines is 1. The van der Waals surface area contributed by atoms with Crippen LogP contribution in [-0.2, 0) is 11.2 Å². The quantitative estimate of drug-likeness (QED) is 0.313. The summed E-state index contributed by atoms with van der Waals surface area (Å²) >= 11 is 12.5. The minimum atomic E-state index is -4.42. The van der Waals surface area contributed by atoms with Crippen LogP contribution in [0.1, 0.15) is 22.7 Å². The third-order valence-electron chi connectivity index (χ3n) is 5.94. The lowest BCUT2D eigenvalue weighted by Crippen LogP contribution is -2.51. The van der Waals surface area contributed by atoms with Gasteiger partial charge in [-0.15, -0.1) is 0 Å². The fraction of sp³-hybridized carbons (Fsp3) is 0.269. The van der Waals surface area contributed by atoms with Gasteiger partial charge in [0, 0.05) is 29.6 Å². The van der Waals surface area contributed by atoms with Crippen LogP contribution >= 0.6 is 35.0 Å². The van der Waals surface area contributed by atoms with Gasteiger partial charge in [-0.2, -0.15) is 13.2 Å². The smallest absolute Gasteiger partial charge is 0.360 e. The number of rotatable bonds is 5. The van der Waals surface area contributed by atoms with Crippen LogP contribution < -0.4 is 4.90 Å². The zero-order chi connectivity index (χ0) is 25.2. The van der Waals surface area contributed by atoms with Gasteiger partial charge in [-0.1, -0.05) is 59.6 Å². The minimum absolute atomic E-state index is 0.0488. The van der Waals surface area contributed by atoms with Crippen LogP contribution in [0.25, 0.3) is 0 Å². The molecule has 1 saturated heterocycles. The average molecular weight is 539 g/mol. The topological polar surface area (TPSA) is 23.6 Å². The molecule has 1 amide bonds. The third kappa shape index (κ3) is 6.46. The summed E-state index contributed by atoms with van der Waals surface area (Å²) in [5.41, 5.74) is -1.16. The van der Waals surface area contributed by atoms with Crippen molar-refractivity contribution in [2.75, 3.05) is 24.5 Å². The Kier molecular flexibility index (Phi) is 7.89. The molecule has 1 heterocycles. The Morgan fingerprint density at radius 1 is 1.03 bits per heavy atom. The molecule has 0 aliphatic carbocycles. The average Bonchev–Trinajstić information content (AvgIpc) is 2.80. The molecule has 1 aliphatic heterocycles. The summed E-state index contributed by atoms with van der Waals surface area (Å²) in [7, 11) is 0. The van der Waals surface area contributed by atoms with E-state index < -0.39 is 5.51 Å². The van der Waals surface area contributed by atoms with Crippen LogP contribution in [0.2, 0.25) is 10.0 Å². The van der Waals surface area contributed by atoms with E-state index in [9.17, 15) is 18.0 Å². The first-order valence-electron chi connectivity index (χ1n) is 11.0. The van der Waals surface area contributed by atoms with Crippen molar-refractivity contribution in [2.45, 2.75) is 29.8 Å². The monoisotopic (exact) mass is 538 g/mol. The molecule has 3 nitrogen and oxygen atoms in total. The fourth-order valence-electron chi connectivity index (χ4n) is 4.26. The van der Waals surface area contributed by atoms with Crippen LogP contribution in [0.5, 0.6) is 0 Å². The summed E-state index contributed by atoms with van der Waals surface area (Å²) in [5, 5.41) is 1.23. The first-order chi connectivity index (χ1) is 16.6. The van der Waals surface area contributed by atoms with Gasteiger partial charge in [0.2, 0.25) is 5.91 Å². The van der Waals surface area contributed by atoms with Crippen LogP contribution in [0.3, 0.4) is 0 Å². The van der Waals surface area contributed by atoms with Crippen molar-refractivity contribution in [2.24, 2.45) is 0 Å². The third-order valence-corrected chi connectivity index (χ3v) is 7.34. The van der Waals surface area contributed by atoms with Crippen LogP contribution in [0, 0.1) is 6.92 Å². The SMILES string of the molecule is Cc1ccc(N2CCN(C(=O)Cc3ccccc3SC(F)(F)F)CC2c2ccc(Cl)cc2)c(Cl)c1. The van der Waals surface area contributed by atoms with E-state index in [0.717, 1.165) is 16.8 Å². The highest BCUT2D eigenvalue weighted by Crippen LogP contribution is 2.39. The molecule has 1 aliphatic rings. The number of nitrogens with zero attached hydrogens (tertiary/aromatic N) is 2. The maximum absolute atomic E-state index is 13.2. The number of thioether (sulfide) groups is 1. The molecule has 0 aromatic heterocycles. The van der Waals surface area contributed by atoms with Crippen molar-refractivity contribution >= 4 is 46.6 Å². The molecule has 0 saturated carbocycles. The molecule has 3 aromatic carbocycles. The fourth-order valence-corrected chi connectivity index (χ4v) is 5.40. The molecule has 0 N–H and O–H groups in total. The molecule has 35 heavy (non-hydrogen) atoms. The van der Waals surface area contributed by atoms with Crippen molar-refractivity contribution in [3.8, 4) is 0 Å². The number of alkyl halides is 3. The lowest BCUT2D eigenvalue weighted by molar-refractivity contribution is -0.131. The molecule has 0 spiro atoms. The van der Waals surface area contributed by atoms with Crippen molar-refractivity contribution < 1.29 is 18.0 Å². The van der Waals surface area contributed by atoms with Gasteiger partial charge in [0.15, 0.2) is 0 Å². The van der Waals surface area contributed by atoms with Gasteiger partial charge in [-0.05, 0) is 65.7 Å². The van der Waals surface area contributed by atoms with Crippen molar-refractivity contribution in [3.63, 3.8) is 0 Å². The Bertz CT molecular complexity index is 1200. The summed E-state index contributed by atoms with van der Waals surface area (Å²) in [6, 6.07) is 19.3. The van der Waals surface area contributed by atoms with Gasteiger partial charge >= 0.3 is 5.51 Å². The summed E-state index contributed by atoms with van der Waals surface area (Å²) in [4.78, 5) is 17.2. The normalized spacial score (nSPS) is 16.5. The van der Waals surface area contributed by atoms with Crippen molar-refractivity contribution in [3.05, 3.63) is 93.5 Å². The summed E-state index contributed by atoms with van der Waals surface area (Å²) in [5.74, 6) is -0.214. The highest BCUT2D eigenvalue weighted by atomic mass is 35.5. The molecule has 4 rings (SSSR count). The predicted molar refractivity (Wildman–Crippen MR) is 136 cm³/mol. The van der Waals surface area contributed by atoms with Crippen LogP contribution in [0.15, 0.2) is 71.6 Å². The molecular weight excluding hydrogens is 516 g/mol. The number of carbonyl (C=O) groups excluding carboxylic acids is 1. The second kappa shape index (κ2) is 10.7. The number of amides is 1. The molecular formula is C26H23Cl2F3N2OS. The molecule has 9 heteroatoms. The molecule has 1 fully saturated rings. The maximum Gasteiger partial charge on any atom is 0.446 e. The van der Waals surface area contributed by atoms with E-state index in [4.69, 9.17) is 23.2 Å². The number of hydrogen-bond donors (Lipinski definition) is 0. The van der Waals surface area contributed by atoms with E-state index >= 15 is 0 Å². The van der Waals surface area contributed by atoms with Crippen molar-refractivity contribution in [1.29, 1.82) is 0 Å². The zero-order valence-electron chi connectivity index (χ0n) is 18.9. The van der Waals surface area contributed by atoms with Gasteiger partial charge < -0.3 is 9.80 Å². The number of benzene rings is 3. The highest BCUT2D eigenvalue weighted by Gasteiger charge is 2.33. The van der Waals surface area contributed by atoms with E-state index in [1.807, 2.05) is 37.3 Å². The number of hydrogen-bond acceptors (Lipinski definition) is 3. The Morgan fingerprint density at radius 2 is 1.74 bits per heavy atom. The molecule has 0 radical (unpaired) electrons. The van der Waals surface area contributed by atoms with Crippen LogP contribution in [-0.4, -0.2) is 35.9 Å². The first kappa shape index (κ1) is 25.7. The van der Waals surface area contributed by atoms with Crippen LogP contribution in [0.4, 0.5) is 18.9 Å². The van der Waals surface area contributed by atoms with E-state index in [2.05, 4.69) is 4.90 Å². The lowest BCUT2D eigenvalue weighted by Gasteiger charge is -2.43. The molecule has 3 aromatic rings. The minimum Gasteiger partial charge on any atom is -0.360 e. The molecule has 0 bridgehead atoms. The highest BCUT2D eigenvalue weighted by molar-refractivity contribution is 8.00. The van der Waals surface area contributed by atoms with E-state index in [0.29, 0.717) is 35.2 Å². The van der Waals surface area contributed by atoms with Gasteiger partial charge in [0.25, 0.3) is 0 Å². The number of halogens is 5. The standard InChI is InChI=1S/C26H23Cl2F3N2OS/c1-17-6-11-22(21(28)14-17)33-13-12-32(16-23(33)18-7-9-20(27)10-8-18)25(34)15-19-4-2-3-5-24(19)35-26(29,30)31/h2-11,14,23H,12-13,15-16H2,1H3. The first-order valence-corrected chi connectivity index (χ1v) is 12.6. The van der Waals surface area contributed by atoms with E-state index in [1.54, 1.807) is 35.2 Å². The van der Waals surface area contributed by atoms with Gasteiger partial charge in [-0.25, -0.2) is 0 Å².